The molecule has 0 bridgehead atoms. The molecular formula is C25H27FN2O4S. The largest absolute Gasteiger partial charge is 0.492 e. The molecule has 174 valence electrons. The zero-order valence-electron chi connectivity index (χ0n) is 18.4. The van der Waals surface area contributed by atoms with Crippen molar-refractivity contribution in [3.05, 3.63) is 90.2 Å². The molecule has 0 atom stereocenters. The van der Waals surface area contributed by atoms with E-state index >= 15 is 0 Å². The quantitative estimate of drug-likeness (QED) is 0.427. The van der Waals surface area contributed by atoms with E-state index in [4.69, 9.17) is 4.74 Å². The highest BCUT2D eigenvalue weighted by Crippen LogP contribution is 2.25. The van der Waals surface area contributed by atoms with Gasteiger partial charge in [-0.3, -0.25) is 9.10 Å². The summed E-state index contributed by atoms with van der Waals surface area (Å²) < 4.78 is 47.2. The third-order valence-corrected chi connectivity index (χ3v) is 6.67. The molecule has 3 aromatic carbocycles. The van der Waals surface area contributed by atoms with Crippen LogP contribution in [0.15, 0.2) is 83.8 Å². The van der Waals surface area contributed by atoms with Crippen molar-refractivity contribution in [3.8, 4) is 5.75 Å². The maximum absolute atomic E-state index is 14.4. The van der Waals surface area contributed by atoms with Gasteiger partial charge in [-0.25, -0.2) is 12.8 Å². The van der Waals surface area contributed by atoms with Crippen LogP contribution in [0.4, 0.5) is 10.1 Å². The molecule has 0 radical (unpaired) electrons. The Morgan fingerprint density at radius 2 is 1.64 bits per heavy atom. The van der Waals surface area contributed by atoms with Crippen LogP contribution < -0.4 is 14.4 Å². The molecule has 0 unspecified atom stereocenters. The molecule has 1 amide bonds. The Morgan fingerprint density at radius 1 is 0.970 bits per heavy atom. The number of amides is 1. The number of anilines is 1. The fourth-order valence-electron chi connectivity index (χ4n) is 3.26. The minimum atomic E-state index is -4.15. The van der Waals surface area contributed by atoms with Crippen LogP contribution in [-0.4, -0.2) is 34.0 Å². The number of nitrogens with zero attached hydrogens (tertiary/aromatic N) is 1. The smallest absolute Gasteiger partial charge is 0.264 e. The number of rotatable bonds is 11. The second-order valence-electron chi connectivity index (χ2n) is 7.37. The van der Waals surface area contributed by atoms with Crippen molar-refractivity contribution in [3.63, 3.8) is 0 Å². The van der Waals surface area contributed by atoms with E-state index in [1.165, 1.54) is 35.9 Å². The van der Waals surface area contributed by atoms with Crippen molar-refractivity contribution >= 4 is 21.6 Å². The van der Waals surface area contributed by atoms with Gasteiger partial charge in [-0.05, 0) is 48.4 Å². The second kappa shape index (κ2) is 11.5. The summed E-state index contributed by atoms with van der Waals surface area (Å²) in [5.41, 5.74) is 1.03. The van der Waals surface area contributed by atoms with Gasteiger partial charge in [0, 0.05) is 0 Å². The molecule has 0 fully saturated rings. The normalized spacial score (nSPS) is 11.1. The standard InChI is InChI=1S/C25H27FN2O4S/c1-2-8-20-13-15-21(16-14-20)32-18-17-27-25(29)19-28(24-12-7-6-11-23(24)26)33(30,31)22-9-4-3-5-10-22/h3-7,9-16H,2,8,17-19H2,1H3,(H,27,29). The van der Waals surface area contributed by atoms with Crippen molar-refractivity contribution in [2.45, 2.75) is 24.7 Å². The first-order valence-electron chi connectivity index (χ1n) is 10.7. The molecule has 3 aromatic rings. The molecule has 0 heterocycles. The number of ether oxygens (including phenoxy) is 1. The van der Waals surface area contributed by atoms with E-state index in [9.17, 15) is 17.6 Å². The molecule has 33 heavy (non-hydrogen) atoms. The minimum Gasteiger partial charge on any atom is -0.492 e. The number of hydrogen-bond donors (Lipinski definition) is 1. The van der Waals surface area contributed by atoms with Gasteiger partial charge in [-0.15, -0.1) is 0 Å². The molecule has 3 rings (SSSR count). The highest BCUT2D eigenvalue weighted by Gasteiger charge is 2.28. The Kier molecular flexibility index (Phi) is 8.43. The molecule has 0 aromatic heterocycles. The first-order chi connectivity index (χ1) is 15.9. The lowest BCUT2D eigenvalue weighted by Crippen LogP contribution is -2.42. The maximum atomic E-state index is 14.4. The highest BCUT2D eigenvalue weighted by atomic mass is 32.2. The second-order valence-corrected chi connectivity index (χ2v) is 9.23. The van der Waals surface area contributed by atoms with Gasteiger partial charge in [-0.2, -0.15) is 0 Å². The summed E-state index contributed by atoms with van der Waals surface area (Å²) in [7, 11) is -4.15. The van der Waals surface area contributed by atoms with Crippen molar-refractivity contribution in [2.75, 3.05) is 24.0 Å². The van der Waals surface area contributed by atoms with E-state index in [1.54, 1.807) is 18.2 Å². The van der Waals surface area contributed by atoms with Crippen LogP contribution in [-0.2, 0) is 21.2 Å². The van der Waals surface area contributed by atoms with Crippen LogP contribution in [0.2, 0.25) is 0 Å². The van der Waals surface area contributed by atoms with E-state index in [1.807, 2.05) is 24.3 Å². The van der Waals surface area contributed by atoms with E-state index in [2.05, 4.69) is 12.2 Å². The Labute approximate surface area is 194 Å². The lowest BCUT2D eigenvalue weighted by Gasteiger charge is -2.24. The highest BCUT2D eigenvalue weighted by molar-refractivity contribution is 7.92. The molecule has 0 saturated carbocycles. The number of sulfonamides is 1. The predicted octanol–water partition coefficient (Wildman–Crippen LogP) is 4.17. The Balaban J connectivity index is 1.64. The number of aryl methyl sites for hydroxylation is 1. The van der Waals surface area contributed by atoms with Crippen LogP contribution >= 0.6 is 0 Å². The maximum Gasteiger partial charge on any atom is 0.264 e. The zero-order valence-corrected chi connectivity index (χ0v) is 19.2. The van der Waals surface area contributed by atoms with Crippen LogP contribution in [0.5, 0.6) is 5.75 Å². The molecule has 1 N–H and O–H groups in total. The molecule has 0 spiro atoms. The van der Waals surface area contributed by atoms with Crippen LogP contribution in [0.1, 0.15) is 18.9 Å². The van der Waals surface area contributed by atoms with Gasteiger partial charge in [0.05, 0.1) is 17.1 Å². The van der Waals surface area contributed by atoms with Crippen molar-refractivity contribution < 1.29 is 22.3 Å². The Hall–Kier alpha value is -3.39. The van der Waals surface area contributed by atoms with Crippen molar-refractivity contribution in [2.24, 2.45) is 0 Å². The number of nitrogens with one attached hydrogen (secondary N) is 1. The molecule has 0 aliphatic carbocycles. The van der Waals surface area contributed by atoms with Gasteiger partial charge >= 0.3 is 0 Å². The van der Waals surface area contributed by atoms with Crippen LogP contribution in [0.25, 0.3) is 0 Å². The van der Waals surface area contributed by atoms with Crippen LogP contribution in [0.3, 0.4) is 0 Å². The summed E-state index contributed by atoms with van der Waals surface area (Å²) in [5.74, 6) is -0.622. The topological polar surface area (TPSA) is 75.7 Å². The summed E-state index contributed by atoms with van der Waals surface area (Å²) in [4.78, 5) is 12.5. The monoisotopic (exact) mass is 470 g/mol. The number of para-hydroxylation sites is 1. The van der Waals surface area contributed by atoms with Gasteiger partial charge in [0.2, 0.25) is 5.91 Å². The van der Waals surface area contributed by atoms with E-state index in [-0.39, 0.29) is 23.7 Å². The first kappa shape index (κ1) is 24.3. The third-order valence-electron chi connectivity index (χ3n) is 4.89. The van der Waals surface area contributed by atoms with Gasteiger partial charge < -0.3 is 10.1 Å². The van der Waals surface area contributed by atoms with Gasteiger partial charge in [0.15, 0.2) is 0 Å². The summed E-state index contributed by atoms with van der Waals surface area (Å²) in [6.07, 6.45) is 2.07. The molecule has 0 aliphatic rings. The van der Waals surface area contributed by atoms with E-state index in [0.29, 0.717) is 5.75 Å². The van der Waals surface area contributed by atoms with E-state index < -0.39 is 28.3 Å². The number of halogens is 1. The van der Waals surface area contributed by atoms with Gasteiger partial charge in [0.25, 0.3) is 10.0 Å². The van der Waals surface area contributed by atoms with Crippen molar-refractivity contribution in [1.29, 1.82) is 0 Å². The Morgan fingerprint density at radius 3 is 2.30 bits per heavy atom. The predicted molar refractivity (Wildman–Crippen MR) is 126 cm³/mol. The minimum absolute atomic E-state index is 0.0316. The van der Waals surface area contributed by atoms with E-state index in [0.717, 1.165) is 23.2 Å². The molecular weight excluding hydrogens is 443 g/mol. The summed E-state index contributed by atoms with van der Waals surface area (Å²) >= 11 is 0. The lowest BCUT2D eigenvalue weighted by molar-refractivity contribution is -0.119. The van der Waals surface area contributed by atoms with Crippen molar-refractivity contribution in [1.82, 2.24) is 5.32 Å². The Bertz CT molecular complexity index is 1150. The summed E-state index contributed by atoms with van der Waals surface area (Å²) in [6, 6.07) is 20.8. The van der Waals surface area contributed by atoms with Gasteiger partial charge in [-0.1, -0.05) is 55.8 Å². The summed E-state index contributed by atoms with van der Waals surface area (Å²) in [6.45, 7) is 1.94. The molecule has 8 heteroatoms. The molecule has 0 saturated heterocycles. The average Bonchev–Trinajstić information content (AvgIpc) is 2.82. The number of benzene rings is 3. The SMILES string of the molecule is CCCc1ccc(OCCNC(=O)CN(c2ccccc2F)S(=O)(=O)c2ccccc2)cc1. The lowest BCUT2D eigenvalue weighted by atomic mass is 10.1. The average molecular weight is 471 g/mol. The van der Waals surface area contributed by atoms with Gasteiger partial charge in [0.1, 0.15) is 24.7 Å². The van der Waals surface area contributed by atoms with Crippen LogP contribution in [0, 0.1) is 5.82 Å². The first-order valence-corrected chi connectivity index (χ1v) is 12.2. The fraction of sp³-hybridized carbons (Fsp3) is 0.240. The number of hydrogen-bond acceptors (Lipinski definition) is 4. The molecule has 6 nitrogen and oxygen atoms in total. The zero-order chi connectivity index (χ0) is 23.7. The number of carbonyl (C=O) groups is 1. The number of carbonyl (C=O) groups excluding carboxylic acids is 1. The third kappa shape index (κ3) is 6.55. The molecule has 0 aliphatic heterocycles. The fourth-order valence-corrected chi connectivity index (χ4v) is 4.71. The summed E-state index contributed by atoms with van der Waals surface area (Å²) in [5, 5.41) is 2.64.